The van der Waals surface area contributed by atoms with Crippen molar-refractivity contribution in [1.82, 2.24) is 0 Å². The molecule has 0 radical (unpaired) electrons. The standard InChI is InChI=1S/C21H37N2O3/c1-10-15(2)16(3)19(22-7)25-18-13-11-17(12-14-18)23(8,9)20(24)26-21(4,5)6/h17-18H,2,7,10-14H2,1,3-6,8-9H3/q+1. The molecule has 0 heterocycles. The Labute approximate surface area is 159 Å². The first-order valence-electron chi connectivity index (χ1n) is 9.52. The van der Waals surface area contributed by atoms with Crippen LogP contribution >= 0.6 is 0 Å². The van der Waals surface area contributed by atoms with Gasteiger partial charge in [-0.15, -0.1) is 0 Å². The normalized spacial score (nSPS) is 22.3. The number of carbonyl (C=O) groups is 1. The molecule has 1 fully saturated rings. The minimum absolute atomic E-state index is 0.102. The molecule has 0 spiro atoms. The van der Waals surface area contributed by atoms with Crippen LogP contribution in [0, 0.1) is 0 Å². The zero-order chi connectivity index (χ0) is 20.1. The average molecular weight is 366 g/mol. The van der Waals surface area contributed by atoms with Crippen LogP contribution in [0.1, 0.15) is 66.7 Å². The van der Waals surface area contributed by atoms with Gasteiger partial charge in [-0.05, 0) is 59.2 Å². The van der Waals surface area contributed by atoms with Crippen LogP contribution in [0.25, 0.3) is 0 Å². The molecule has 1 aliphatic rings. The van der Waals surface area contributed by atoms with Crippen LogP contribution in [0.15, 0.2) is 28.6 Å². The summed E-state index contributed by atoms with van der Waals surface area (Å²) < 4.78 is 11.9. The van der Waals surface area contributed by atoms with E-state index in [9.17, 15) is 4.79 Å². The molecule has 148 valence electrons. The summed E-state index contributed by atoms with van der Waals surface area (Å²) in [6.07, 6.45) is 4.39. The van der Waals surface area contributed by atoms with Gasteiger partial charge in [-0.2, -0.15) is 4.79 Å². The lowest BCUT2D eigenvalue weighted by molar-refractivity contribution is -0.846. The summed E-state index contributed by atoms with van der Waals surface area (Å²) in [7, 11) is 3.87. The van der Waals surface area contributed by atoms with Gasteiger partial charge in [-0.1, -0.05) is 13.5 Å². The smallest absolute Gasteiger partial charge is 0.474 e. The maximum atomic E-state index is 12.6. The zero-order valence-corrected chi connectivity index (χ0v) is 17.7. The molecule has 1 amide bonds. The van der Waals surface area contributed by atoms with Crippen LogP contribution in [-0.2, 0) is 9.47 Å². The van der Waals surface area contributed by atoms with Crippen LogP contribution in [0.3, 0.4) is 0 Å². The molecule has 0 bridgehead atoms. The fourth-order valence-electron chi connectivity index (χ4n) is 3.16. The van der Waals surface area contributed by atoms with Crippen LogP contribution in [0.4, 0.5) is 4.79 Å². The van der Waals surface area contributed by atoms with Gasteiger partial charge in [-0.3, -0.25) is 0 Å². The van der Waals surface area contributed by atoms with Gasteiger partial charge >= 0.3 is 6.09 Å². The molecular weight excluding hydrogens is 328 g/mol. The fourth-order valence-corrected chi connectivity index (χ4v) is 3.16. The summed E-state index contributed by atoms with van der Waals surface area (Å²) >= 11 is 0. The summed E-state index contributed by atoms with van der Waals surface area (Å²) in [5.41, 5.74) is 1.51. The van der Waals surface area contributed by atoms with Crippen molar-refractivity contribution in [3.63, 3.8) is 0 Å². The number of carbonyl (C=O) groups excluding carboxylic acids is 1. The molecule has 0 aromatic heterocycles. The van der Waals surface area contributed by atoms with E-state index >= 15 is 0 Å². The zero-order valence-electron chi connectivity index (χ0n) is 17.7. The second-order valence-corrected chi connectivity index (χ2v) is 8.61. The summed E-state index contributed by atoms with van der Waals surface area (Å²) in [5.74, 6) is 0.584. The van der Waals surface area contributed by atoms with Crippen LogP contribution < -0.4 is 0 Å². The van der Waals surface area contributed by atoms with Crippen molar-refractivity contribution < 1.29 is 18.8 Å². The number of hydrogen-bond donors (Lipinski definition) is 0. The average Bonchev–Trinajstić information content (AvgIpc) is 2.57. The van der Waals surface area contributed by atoms with Crippen molar-refractivity contribution in [3.8, 4) is 0 Å². The van der Waals surface area contributed by atoms with Gasteiger partial charge in [0.1, 0.15) is 11.7 Å². The van der Waals surface area contributed by atoms with E-state index in [0.29, 0.717) is 5.88 Å². The number of hydrogen-bond acceptors (Lipinski definition) is 4. The van der Waals surface area contributed by atoms with Gasteiger partial charge in [0.05, 0.1) is 20.1 Å². The van der Waals surface area contributed by atoms with Crippen molar-refractivity contribution in [2.24, 2.45) is 4.99 Å². The van der Waals surface area contributed by atoms with E-state index in [0.717, 1.165) is 43.3 Å². The molecule has 5 heteroatoms. The highest BCUT2D eigenvalue weighted by molar-refractivity contribution is 5.60. The van der Waals surface area contributed by atoms with Gasteiger partial charge in [-0.25, -0.2) is 9.48 Å². The van der Waals surface area contributed by atoms with Crippen molar-refractivity contribution in [2.75, 3.05) is 14.1 Å². The fraction of sp³-hybridized carbons (Fsp3) is 0.714. The summed E-state index contributed by atoms with van der Waals surface area (Å²) in [6.45, 7) is 17.4. The minimum atomic E-state index is -0.471. The maximum Gasteiger partial charge on any atom is 0.516 e. The number of aliphatic imine (C=N–C) groups is 1. The summed E-state index contributed by atoms with van der Waals surface area (Å²) in [4.78, 5) is 16.6. The molecular formula is C21H37N2O3+. The molecule has 0 N–H and O–H groups in total. The highest BCUT2D eigenvalue weighted by Gasteiger charge is 2.42. The quantitative estimate of drug-likeness (QED) is 0.280. The Morgan fingerprint density at radius 1 is 1.19 bits per heavy atom. The number of quaternary nitrogens is 1. The Morgan fingerprint density at radius 2 is 1.73 bits per heavy atom. The van der Waals surface area contributed by atoms with E-state index < -0.39 is 5.60 Å². The third-order valence-electron chi connectivity index (χ3n) is 5.12. The molecule has 5 nitrogen and oxygen atoms in total. The van der Waals surface area contributed by atoms with Gasteiger partial charge in [0.25, 0.3) is 0 Å². The molecule has 0 aliphatic heterocycles. The first kappa shape index (κ1) is 22.4. The van der Waals surface area contributed by atoms with E-state index in [-0.39, 0.29) is 22.7 Å². The molecule has 1 aliphatic carbocycles. The molecule has 0 aromatic rings. The SMILES string of the molecule is C=NC(OC1CCC([N+](C)(C)C(=O)OC(C)(C)C)CC1)=C(C)C(=C)CC. The Kier molecular flexibility index (Phi) is 7.63. The predicted molar refractivity (Wildman–Crippen MR) is 107 cm³/mol. The number of ether oxygens (including phenoxy) is 2. The number of nitrogens with zero attached hydrogens (tertiary/aromatic N) is 2. The van der Waals surface area contributed by atoms with Crippen molar-refractivity contribution in [3.05, 3.63) is 23.6 Å². The third-order valence-corrected chi connectivity index (χ3v) is 5.12. The third kappa shape index (κ3) is 5.97. The first-order valence-corrected chi connectivity index (χ1v) is 9.52. The van der Waals surface area contributed by atoms with Crippen molar-refractivity contribution in [2.45, 2.75) is 84.5 Å². The van der Waals surface area contributed by atoms with E-state index in [1.807, 2.05) is 41.8 Å². The lowest BCUT2D eigenvalue weighted by atomic mass is 9.91. The molecule has 0 atom stereocenters. The molecule has 26 heavy (non-hydrogen) atoms. The number of rotatable bonds is 6. The lowest BCUT2D eigenvalue weighted by Crippen LogP contribution is -2.56. The topological polar surface area (TPSA) is 47.9 Å². The predicted octanol–water partition coefficient (Wildman–Crippen LogP) is 5.22. The largest absolute Gasteiger partial charge is 0.516 e. The lowest BCUT2D eigenvalue weighted by Gasteiger charge is -2.39. The second-order valence-electron chi connectivity index (χ2n) is 8.61. The van der Waals surface area contributed by atoms with Crippen molar-refractivity contribution in [1.29, 1.82) is 0 Å². The van der Waals surface area contributed by atoms with Crippen LogP contribution in [-0.4, -0.2) is 49.1 Å². The molecule has 1 rings (SSSR count). The Hall–Kier alpha value is -1.62. The molecule has 0 saturated heterocycles. The minimum Gasteiger partial charge on any atom is -0.474 e. The van der Waals surface area contributed by atoms with Gasteiger partial charge < -0.3 is 9.47 Å². The second kappa shape index (κ2) is 8.85. The Bertz CT molecular complexity index is 562. The van der Waals surface area contributed by atoms with Gasteiger partial charge in [0.2, 0.25) is 5.88 Å². The highest BCUT2D eigenvalue weighted by atomic mass is 16.6. The summed E-state index contributed by atoms with van der Waals surface area (Å²) in [6, 6.07) is 0.237. The van der Waals surface area contributed by atoms with E-state index in [1.54, 1.807) is 0 Å². The Balaban J connectivity index is 2.70. The van der Waals surface area contributed by atoms with E-state index in [4.69, 9.17) is 9.47 Å². The van der Waals surface area contributed by atoms with E-state index in [1.165, 1.54) is 0 Å². The molecule has 0 unspecified atom stereocenters. The number of amides is 1. The monoisotopic (exact) mass is 365 g/mol. The highest BCUT2D eigenvalue weighted by Crippen LogP contribution is 2.31. The van der Waals surface area contributed by atoms with Crippen molar-refractivity contribution >= 4 is 12.8 Å². The summed E-state index contributed by atoms with van der Waals surface area (Å²) in [5, 5.41) is 0. The van der Waals surface area contributed by atoms with Gasteiger partial charge in [0.15, 0.2) is 0 Å². The van der Waals surface area contributed by atoms with Gasteiger partial charge in [0, 0.05) is 18.4 Å². The van der Waals surface area contributed by atoms with E-state index in [2.05, 4.69) is 25.2 Å². The molecule has 1 saturated carbocycles. The molecule has 0 aromatic carbocycles. The maximum absolute atomic E-state index is 12.6. The number of allylic oxidation sites excluding steroid dienone is 2. The van der Waals surface area contributed by atoms with Crippen LogP contribution in [0.2, 0.25) is 0 Å². The van der Waals surface area contributed by atoms with Crippen LogP contribution in [0.5, 0.6) is 0 Å². The Morgan fingerprint density at radius 3 is 2.15 bits per heavy atom. The first-order chi connectivity index (χ1) is 11.9.